The zero-order valence-electron chi connectivity index (χ0n) is 10.3. The third kappa shape index (κ3) is 3.30. The number of ether oxygens (including phenoxy) is 1. The maximum absolute atomic E-state index is 13.2. The van der Waals surface area contributed by atoms with Crippen molar-refractivity contribution in [2.45, 2.75) is 13.0 Å². The Morgan fingerprint density at radius 1 is 1.33 bits per heavy atom. The van der Waals surface area contributed by atoms with Crippen molar-refractivity contribution in [2.24, 2.45) is 12.8 Å². The topological polar surface area (TPSA) is 53.1 Å². The van der Waals surface area contributed by atoms with Gasteiger partial charge in [0.05, 0.1) is 12.8 Å². The molecule has 96 valence electrons. The lowest BCUT2D eigenvalue weighted by Gasteiger charge is -2.07. The van der Waals surface area contributed by atoms with E-state index in [4.69, 9.17) is 10.5 Å². The van der Waals surface area contributed by atoms with Crippen LogP contribution in [0.25, 0.3) is 0 Å². The van der Waals surface area contributed by atoms with E-state index in [1.807, 2.05) is 13.2 Å². The summed E-state index contributed by atoms with van der Waals surface area (Å²) in [6.45, 7) is 0.788. The Labute approximate surface area is 105 Å². The summed E-state index contributed by atoms with van der Waals surface area (Å²) in [6, 6.07) is 4.53. The Morgan fingerprint density at radius 3 is 2.83 bits per heavy atom. The zero-order valence-corrected chi connectivity index (χ0v) is 10.3. The molecule has 0 spiro atoms. The minimum atomic E-state index is -0.325. The lowest BCUT2D eigenvalue weighted by atomic mass is 10.2. The minimum absolute atomic E-state index is 0.302. The van der Waals surface area contributed by atoms with Crippen LogP contribution in [-0.2, 0) is 20.0 Å². The smallest absolute Gasteiger partial charge is 0.127 e. The van der Waals surface area contributed by atoms with Gasteiger partial charge in [0, 0.05) is 32.3 Å². The predicted molar refractivity (Wildman–Crippen MR) is 66.7 cm³/mol. The summed E-state index contributed by atoms with van der Waals surface area (Å²) in [6.07, 6.45) is 4.46. The van der Waals surface area contributed by atoms with Crippen LogP contribution in [0.4, 0.5) is 4.39 Å². The van der Waals surface area contributed by atoms with Crippen LogP contribution in [0.5, 0.6) is 5.75 Å². The van der Waals surface area contributed by atoms with Gasteiger partial charge in [0.25, 0.3) is 0 Å². The summed E-state index contributed by atoms with van der Waals surface area (Å²) in [7, 11) is 1.87. The summed E-state index contributed by atoms with van der Waals surface area (Å²) in [5.74, 6) is 0.189. The molecule has 0 saturated heterocycles. The maximum atomic E-state index is 13.2. The summed E-state index contributed by atoms with van der Waals surface area (Å²) in [5.41, 5.74) is 7.30. The van der Waals surface area contributed by atoms with E-state index in [0.717, 1.165) is 17.5 Å². The van der Waals surface area contributed by atoms with E-state index in [9.17, 15) is 4.39 Å². The van der Waals surface area contributed by atoms with Crippen LogP contribution >= 0.6 is 0 Å². The van der Waals surface area contributed by atoms with Crippen molar-refractivity contribution in [3.63, 3.8) is 0 Å². The Kier molecular flexibility index (Phi) is 3.94. The molecule has 0 radical (unpaired) electrons. The number of aromatic nitrogens is 2. The highest BCUT2D eigenvalue weighted by molar-refractivity contribution is 5.29. The Balaban J connectivity index is 1.91. The Morgan fingerprint density at radius 2 is 2.17 bits per heavy atom. The fourth-order valence-corrected chi connectivity index (χ4v) is 1.71. The highest BCUT2D eigenvalue weighted by Crippen LogP contribution is 2.16. The molecule has 2 aromatic rings. The van der Waals surface area contributed by atoms with Crippen LogP contribution in [0.1, 0.15) is 11.1 Å². The molecule has 2 N–H and O–H groups in total. The van der Waals surface area contributed by atoms with Crippen LogP contribution in [0.2, 0.25) is 0 Å². The quantitative estimate of drug-likeness (QED) is 0.876. The van der Waals surface area contributed by atoms with E-state index in [2.05, 4.69) is 5.10 Å². The van der Waals surface area contributed by atoms with Gasteiger partial charge in [-0.15, -0.1) is 0 Å². The van der Waals surface area contributed by atoms with Gasteiger partial charge in [0.15, 0.2) is 0 Å². The molecule has 0 unspecified atom stereocenters. The molecule has 0 bridgehead atoms. The fraction of sp³-hybridized carbons (Fsp3) is 0.308. The molecule has 0 atom stereocenters. The molecule has 0 aliphatic heterocycles. The summed E-state index contributed by atoms with van der Waals surface area (Å²) >= 11 is 0. The first kappa shape index (κ1) is 12.6. The van der Waals surface area contributed by atoms with Gasteiger partial charge < -0.3 is 10.5 Å². The van der Waals surface area contributed by atoms with Gasteiger partial charge in [-0.25, -0.2) is 4.39 Å². The van der Waals surface area contributed by atoms with Crippen molar-refractivity contribution in [3.8, 4) is 5.75 Å². The largest absolute Gasteiger partial charge is 0.493 e. The van der Waals surface area contributed by atoms with Gasteiger partial charge in [0.2, 0.25) is 0 Å². The van der Waals surface area contributed by atoms with E-state index in [0.29, 0.717) is 18.9 Å². The molecule has 0 aliphatic rings. The van der Waals surface area contributed by atoms with E-state index in [-0.39, 0.29) is 5.82 Å². The van der Waals surface area contributed by atoms with Crippen LogP contribution in [0.15, 0.2) is 30.6 Å². The molecule has 0 amide bonds. The van der Waals surface area contributed by atoms with E-state index in [1.165, 1.54) is 12.1 Å². The predicted octanol–water partition coefficient (Wildman–Crippen LogP) is 1.64. The van der Waals surface area contributed by atoms with Gasteiger partial charge in [-0.2, -0.15) is 5.10 Å². The number of hydrogen-bond acceptors (Lipinski definition) is 3. The van der Waals surface area contributed by atoms with Crippen molar-refractivity contribution in [1.29, 1.82) is 0 Å². The molecular weight excluding hydrogens is 233 g/mol. The van der Waals surface area contributed by atoms with E-state index < -0.39 is 0 Å². The Hall–Kier alpha value is -1.88. The molecule has 2 rings (SSSR count). The Bertz CT molecular complexity index is 525. The lowest BCUT2D eigenvalue weighted by Crippen LogP contribution is -2.03. The zero-order chi connectivity index (χ0) is 13.0. The van der Waals surface area contributed by atoms with E-state index in [1.54, 1.807) is 16.9 Å². The van der Waals surface area contributed by atoms with Gasteiger partial charge in [-0.3, -0.25) is 4.68 Å². The highest BCUT2D eigenvalue weighted by atomic mass is 19.1. The monoisotopic (exact) mass is 249 g/mol. The average molecular weight is 249 g/mol. The fourth-order valence-electron chi connectivity index (χ4n) is 1.71. The first-order valence-corrected chi connectivity index (χ1v) is 5.77. The SMILES string of the molecule is Cn1cc(CCOc2cc(F)cc(CN)c2)cn1. The number of halogens is 1. The van der Waals surface area contributed by atoms with Crippen molar-refractivity contribution in [2.75, 3.05) is 6.61 Å². The van der Waals surface area contributed by atoms with Crippen molar-refractivity contribution in [3.05, 3.63) is 47.5 Å². The van der Waals surface area contributed by atoms with Crippen LogP contribution < -0.4 is 10.5 Å². The molecular formula is C13H16FN3O. The molecule has 18 heavy (non-hydrogen) atoms. The third-order valence-corrected chi connectivity index (χ3v) is 2.58. The van der Waals surface area contributed by atoms with Gasteiger partial charge in [-0.1, -0.05) is 0 Å². The second-order valence-electron chi connectivity index (χ2n) is 4.12. The molecule has 0 aliphatic carbocycles. The standard InChI is InChI=1S/C13H16FN3O/c1-17-9-10(8-16-17)2-3-18-13-5-11(7-15)4-12(14)6-13/h4-6,8-9H,2-3,7,15H2,1H3. The maximum Gasteiger partial charge on any atom is 0.127 e. The third-order valence-electron chi connectivity index (χ3n) is 2.58. The summed E-state index contributed by atoms with van der Waals surface area (Å²) in [4.78, 5) is 0. The van der Waals surface area contributed by atoms with Crippen molar-refractivity contribution >= 4 is 0 Å². The van der Waals surface area contributed by atoms with Crippen LogP contribution in [0, 0.1) is 5.82 Å². The molecule has 5 heteroatoms. The summed E-state index contributed by atoms with van der Waals surface area (Å²) < 4.78 is 20.5. The second kappa shape index (κ2) is 5.64. The molecule has 1 aromatic carbocycles. The number of nitrogens with two attached hydrogens (primary N) is 1. The van der Waals surface area contributed by atoms with Gasteiger partial charge in [-0.05, 0) is 23.3 Å². The van der Waals surface area contributed by atoms with Crippen molar-refractivity contribution < 1.29 is 9.13 Å². The van der Waals surface area contributed by atoms with Crippen LogP contribution in [0.3, 0.4) is 0 Å². The first-order chi connectivity index (χ1) is 8.67. The molecule has 0 fully saturated rings. The summed E-state index contributed by atoms with van der Waals surface area (Å²) in [5, 5.41) is 4.07. The first-order valence-electron chi connectivity index (χ1n) is 5.77. The normalized spacial score (nSPS) is 10.6. The lowest BCUT2D eigenvalue weighted by molar-refractivity contribution is 0.320. The number of nitrogens with zero attached hydrogens (tertiary/aromatic N) is 2. The van der Waals surface area contributed by atoms with E-state index >= 15 is 0 Å². The van der Waals surface area contributed by atoms with Gasteiger partial charge >= 0.3 is 0 Å². The van der Waals surface area contributed by atoms with Crippen molar-refractivity contribution in [1.82, 2.24) is 9.78 Å². The van der Waals surface area contributed by atoms with Gasteiger partial charge in [0.1, 0.15) is 11.6 Å². The molecule has 1 heterocycles. The number of benzene rings is 1. The number of hydrogen-bond donors (Lipinski definition) is 1. The highest BCUT2D eigenvalue weighted by Gasteiger charge is 2.02. The molecule has 0 saturated carbocycles. The molecule has 4 nitrogen and oxygen atoms in total. The number of rotatable bonds is 5. The number of aryl methyl sites for hydroxylation is 1. The average Bonchev–Trinajstić information content (AvgIpc) is 2.74. The van der Waals surface area contributed by atoms with Crippen LogP contribution in [-0.4, -0.2) is 16.4 Å². The molecule has 1 aromatic heterocycles. The minimum Gasteiger partial charge on any atom is -0.493 e. The second-order valence-corrected chi connectivity index (χ2v) is 4.12.